The van der Waals surface area contributed by atoms with E-state index in [1.165, 1.54) is 79.7 Å². The highest BCUT2D eigenvalue weighted by atomic mass is 14.0. The highest BCUT2D eigenvalue weighted by Gasteiger charge is 1.99. The molecule has 0 nitrogen and oxygen atoms in total. The Morgan fingerprint density at radius 2 is 1.10 bits per heavy atom. The molecule has 0 fully saturated rings. The van der Waals surface area contributed by atoms with Gasteiger partial charge in [-0.1, -0.05) is 94.2 Å². The van der Waals surface area contributed by atoms with Crippen LogP contribution in [0.15, 0.2) is 60.7 Å². The summed E-state index contributed by atoms with van der Waals surface area (Å²) in [5, 5.41) is 2.59. The Balaban J connectivity index is 1.60. The summed E-state index contributed by atoms with van der Waals surface area (Å²) in [4.78, 5) is 0. The molecule has 0 saturated carbocycles. The highest BCUT2D eigenvalue weighted by molar-refractivity contribution is 5.84. The average molecular weight is 383 g/mol. The van der Waals surface area contributed by atoms with Crippen LogP contribution in [0.5, 0.6) is 0 Å². The van der Waals surface area contributed by atoms with Crippen molar-refractivity contribution in [2.24, 2.45) is 0 Å². The summed E-state index contributed by atoms with van der Waals surface area (Å²) in [6.07, 6.45) is 11.5. The van der Waals surface area contributed by atoms with Crippen molar-refractivity contribution < 1.29 is 0 Å². The lowest BCUT2D eigenvalue weighted by Gasteiger charge is -2.04. The molecule has 0 N–H and O–H groups in total. The van der Waals surface area contributed by atoms with Crippen molar-refractivity contribution in [2.75, 3.05) is 0 Å². The van der Waals surface area contributed by atoms with E-state index in [4.69, 9.17) is 0 Å². The third-order valence-corrected chi connectivity index (χ3v) is 5.60. The molecule has 0 heterocycles. The van der Waals surface area contributed by atoms with Gasteiger partial charge in [-0.3, -0.25) is 0 Å². The molecule has 0 bridgehead atoms. The number of aryl methyl sites for hydroxylation is 2. The summed E-state index contributed by atoms with van der Waals surface area (Å²) in [7, 11) is 0. The Bertz CT molecular complexity index is 951. The second kappa shape index (κ2) is 11.5. The van der Waals surface area contributed by atoms with E-state index < -0.39 is 0 Å². The number of rotatable bonds is 9. The zero-order valence-corrected chi connectivity index (χ0v) is 18.1. The van der Waals surface area contributed by atoms with Gasteiger partial charge in [-0.25, -0.2) is 0 Å². The molecule has 3 aromatic carbocycles. The molecule has 0 aliphatic heterocycles. The smallest absolute Gasteiger partial charge is 0.0255 e. The number of fused-ring (bicyclic) bond motifs is 1. The zero-order valence-electron chi connectivity index (χ0n) is 18.1. The minimum Gasteiger partial charge on any atom is -0.0654 e. The van der Waals surface area contributed by atoms with E-state index >= 15 is 0 Å². The number of hydrogen-bond donors (Lipinski definition) is 0. The maximum atomic E-state index is 3.34. The van der Waals surface area contributed by atoms with Crippen molar-refractivity contribution in [2.45, 2.75) is 71.6 Å². The quantitative estimate of drug-likeness (QED) is 0.259. The molecular weight excluding hydrogens is 348 g/mol. The van der Waals surface area contributed by atoms with Gasteiger partial charge in [-0.15, -0.1) is 0 Å². The second-order valence-corrected chi connectivity index (χ2v) is 8.11. The highest BCUT2D eigenvalue weighted by Crippen LogP contribution is 2.19. The predicted molar refractivity (Wildman–Crippen MR) is 127 cm³/mol. The Kier molecular flexibility index (Phi) is 8.39. The Morgan fingerprint density at radius 3 is 1.90 bits per heavy atom. The van der Waals surface area contributed by atoms with Crippen LogP contribution >= 0.6 is 0 Å². The molecule has 0 spiro atoms. The lowest BCUT2D eigenvalue weighted by Crippen LogP contribution is -1.87. The van der Waals surface area contributed by atoms with Gasteiger partial charge in [0.05, 0.1) is 0 Å². The predicted octanol–water partition coefficient (Wildman–Crippen LogP) is 8.10. The number of hydrogen-bond acceptors (Lipinski definition) is 0. The summed E-state index contributed by atoms with van der Waals surface area (Å²) in [6, 6.07) is 22.2. The average Bonchev–Trinajstić information content (AvgIpc) is 2.76. The van der Waals surface area contributed by atoms with Crippen molar-refractivity contribution in [1.29, 1.82) is 0 Å². The molecule has 0 atom stereocenters. The van der Waals surface area contributed by atoms with Gasteiger partial charge in [0.2, 0.25) is 0 Å². The molecular formula is C29H34. The van der Waals surface area contributed by atoms with E-state index in [0.717, 1.165) is 11.1 Å². The Hall–Kier alpha value is -2.52. The van der Waals surface area contributed by atoms with Gasteiger partial charge in [0.15, 0.2) is 0 Å². The molecule has 0 aliphatic rings. The van der Waals surface area contributed by atoms with Gasteiger partial charge in [0, 0.05) is 11.1 Å². The van der Waals surface area contributed by atoms with Crippen LogP contribution in [0.25, 0.3) is 10.8 Å². The van der Waals surface area contributed by atoms with Crippen LogP contribution in [-0.2, 0) is 12.8 Å². The van der Waals surface area contributed by atoms with Crippen LogP contribution < -0.4 is 0 Å². The fraction of sp³-hybridized carbons (Fsp3) is 0.379. The molecule has 0 unspecified atom stereocenters. The first-order valence-electron chi connectivity index (χ1n) is 11.4. The number of benzene rings is 3. The molecule has 150 valence electrons. The third-order valence-electron chi connectivity index (χ3n) is 5.60. The van der Waals surface area contributed by atoms with Gasteiger partial charge in [-0.05, 0) is 71.8 Å². The summed E-state index contributed by atoms with van der Waals surface area (Å²) in [5.41, 5.74) is 5.04. The van der Waals surface area contributed by atoms with Crippen LogP contribution in [0.3, 0.4) is 0 Å². The monoisotopic (exact) mass is 382 g/mol. The SMILES string of the molecule is CCCCCCCc1ccc(C#Cc2ccc3cc(CCCC)ccc3c2)cc1. The van der Waals surface area contributed by atoms with Crippen molar-refractivity contribution in [3.05, 3.63) is 82.9 Å². The minimum atomic E-state index is 1.08. The van der Waals surface area contributed by atoms with E-state index in [9.17, 15) is 0 Å². The fourth-order valence-corrected chi connectivity index (χ4v) is 3.74. The van der Waals surface area contributed by atoms with Gasteiger partial charge >= 0.3 is 0 Å². The maximum Gasteiger partial charge on any atom is 0.0255 e. The third kappa shape index (κ3) is 6.79. The topological polar surface area (TPSA) is 0 Å². The maximum absolute atomic E-state index is 3.34. The van der Waals surface area contributed by atoms with Crippen molar-refractivity contribution in [3.8, 4) is 11.8 Å². The molecule has 0 saturated heterocycles. The zero-order chi connectivity index (χ0) is 20.3. The van der Waals surface area contributed by atoms with Crippen LogP contribution in [-0.4, -0.2) is 0 Å². The molecule has 29 heavy (non-hydrogen) atoms. The second-order valence-electron chi connectivity index (χ2n) is 8.11. The summed E-state index contributed by atoms with van der Waals surface area (Å²) >= 11 is 0. The van der Waals surface area contributed by atoms with Gasteiger partial charge in [0.1, 0.15) is 0 Å². The minimum absolute atomic E-state index is 1.08. The lowest BCUT2D eigenvalue weighted by molar-refractivity contribution is 0.632. The van der Waals surface area contributed by atoms with Crippen molar-refractivity contribution >= 4 is 10.8 Å². The Labute approximate surface area is 177 Å². The van der Waals surface area contributed by atoms with E-state index in [1.54, 1.807) is 0 Å². The largest absolute Gasteiger partial charge is 0.0654 e. The van der Waals surface area contributed by atoms with E-state index in [1.807, 2.05) is 0 Å². The normalized spacial score (nSPS) is 10.7. The van der Waals surface area contributed by atoms with Gasteiger partial charge < -0.3 is 0 Å². The van der Waals surface area contributed by atoms with Crippen molar-refractivity contribution in [1.82, 2.24) is 0 Å². The summed E-state index contributed by atoms with van der Waals surface area (Å²) in [6.45, 7) is 4.51. The van der Waals surface area contributed by atoms with E-state index in [0.29, 0.717) is 0 Å². The van der Waals surface area contributed by atoms with E-state index in [-0.39, 0.29) is 0 Å². The molecule has 0 aliphatic carbocycles. The first-order chi connectivity index (χ1) is 14.3. The fourth-order valence-electron chi connectivity index (χ4n) is 3.74. The first kappa shape index (κ1) is 21.2. The first-order valence-corrected chi connectivity index (χ1v) is 11.4. The molecule has 0 amide bonds. The molecule has 0 aromatic heterocycles. The molecule has 0 heteroatoms. The van der Waals surface area contributed by atoms with E-state index in [2.05, 4.69) is 86.4 Å². The molecule has 3 rings (SSSR count). The van der Waals surface area contributed by atoms with Crippen LogP contribution in [0.2, 0.25) is 0 Å². The molecule has 0 radical (unpaired) electrons. The summed E-state index contributed by atoms with van der Waals surface area (Å²) < 4.78 is 0. The van der Waals surface area contributed by atoms with Crippen LogP contribution in [0.4, 0.5) is 0 Å². The molecule has 3 aromatic rings. The summed E-state index contributed by atoms with van der Waals surface area (Å²) in [5.74, 6) is 6.66. The number of unbranched alkanes of at least 4 members (excludes halogenated alkanes) is 5. The van der Waals surface area contributed by atoms with Crippen LogP contribution in [0.1, 0.15) is 81.0 Å². The Morgan fingerprint density at radius 1 is 0.517 bits per heavy atom. The van der Waals surface area contributed by atoms with Gasteiger partial charge in [-0.2, -0.15) is 0 Å². The van der Waals surface area contributed by atoms with Gasteiger partial charge in [0.25, 0.3) is 0 Å². The van der Waals surface area contributed by atoms with Crippen LogP contribution in [0, 0.1) is 11.8 Å². The lowest BCUT2D eigenvalue weighted by atomic mass is 10.0. The standard InChI is InChI=1S/C29H34/c1-3-5-7-8-9-11-24-12-14-25(15-13-24)16-17-27-19-21-28-22-26(10-6-4-2)18-20-29(28)23-27/h12-15,18-23H,3-11H2,1-2H3. The van der Waals surface area contributed by atoms with Crippen molar-refractivity contribution in [3.63, 3.8) is 0 Å².